The first kappa shape index (κ1) is 14.7. The Morgan fingerprint density at radius 3 is 2.92 bits per heavy atom. The van der Waals surface area contributed by atoms with Crippen LogP contribution in [0.3, 0.4) is 0 Å². The van der Waals surface area contributed by atoms with E-state index in [4.69, 9.17) is 5.26 Å². The van der Waals surface area contributed by atoms with Gasteiger partial charge in [0.05, 0.1) is 28.7 Å². The van der Waals surface area contributed by atoms with E-state index in [1.807, 2.05) is 37.1 Å². The van der Waals surface area contributed by atoms with Gasteiger partial charge >= 0.3 is 0 Å². The molecule has 0 saturated carbocycles. The number of aryl methyl sites for hydroxylation is 2. The Kier molecular flexibility index (Phi) is 3.10. The van der Waals surface area contributed by atoms with Crippen molar-refractivity contribution in [2.24, 2.45) is 12.5 Å². The second-order valence-electron chi connectivity index (χ2n) is 6.70. The minimum atomic E-state index is -0.528. The molecule has 0 aliphatic carbocycles. The molecule has 2 aromatic rings. The fourth-order valence-corrected chi connectivity index (χ4v) is 3.78. The van der Waals surface area contributed by atoms with Crippen molar-refractivity contribution in [1.29, 1.82) is 5.26 Å². The Hall–Kier alpha value is -2.88. The van der Waals surface area contributed by atoms with Gasteiger partial charge < -0.3 is 10.2 Å². The molecular formula is C17H18N6O. The monoisotopic (exact) mass is 322 g/mol. The molecule has 1 fully saturated rings. The first-order valence-electron chi connectivity index (χ1n) is 7.96. The zero-order chi connectivity index (χ0) is 16.9. The molecule has 122 valence electrons. The summed E-state index contributed by atoms with van der Waals surface area (Å²) in [6.45, 7) is 3.11. The number of nitrogens with one attached hydrogen (secondary N) is 1. The van der Waals surface area contributed by atoms with E-state index in [1.54, 1.807) is 4.90 Å². The highest BCUT2D eigenvalue weighted by Gasteiger charge is 2.47. The summed E-state index contributed by atoms with van der Waals surface area (Å²) >= 11 is 0. The highest BCUT2D eigenvalue weighted by Crippen LogP contribution is 2.40. The van der Waals surface area contributed by atoms with Gasteiger partial charge in [0.2, 0.25) is 5.91 Å². The molecule has 24 heavy (non-hydrogen) atoms. The van der Waals surface area contributed by atoms with Crippen molar-refractivity contribution in [2.75, 3.05) is 18.4 Å². The van der Waals surface area contributed by atoms with Crippen LogP contribution in [-0.2, 0) is 18.3 Å². The van der Waals surface area contributed by atoms with Crippen LogP contribution in [0.5, 0.6) is 0 Å². The van der Waals surface area contributed by atoms with Gasteiger partial charge in [-0.1, -0.05) is 0 Å². The Bertz CT molecular complexity index is 860. The molecule has 2 aliphatic rings. The first-order chi connectivity index (χ1) is 11.5. The molecule has 2 aliphatic heterocycles. The van der Waals surface area contributed by atoms with Gasteiger partial charge in [0.1, 0.15) is 0 Å². The molecule has 2 aromatic heterocycles. The number of amides is 1. The molecule has 1 unspecified atom stereocenters. The smallest absolute Gasteiger partial charge is 0.232 e. The molecule has 1 atom stereocenters. The lowest BCUT2D eigenvalue weighted by Crippen LogP contribution is -2.43. The average molecular weight is 322 g/mol. The van der Waals surface area contributed by atoms with Gasteiger partial charge in [-0.25, -0.2) is 0 Å². The fraction of sp³-hybridized carbons (Fsp3) is 0.412. The fourth-order valence-electron chi connectivity index (χ4n) is 3.78. The standard InChI is InChI=1S/C17H18N6O/c1-11-7-20-22(2)15(11)12-5-13-14(19-8-12)6-17(16(24)21-13)3-4-23(9-17)10-18/h5,7-8H,3-4,6,9H2,1-2H3,(H,21,24). The predicted molar refractivity (Wildman–Crippen MR) is 87.7 cm³/mol. The summed E-state index contributed by atoms with van der Waals surface area (Å²) in [5.74, 6) is -0.00609. The molecule has 1 N–H and O–H groups in total. The van der Waals surface area contributed by atoms with Gasteiger partial charge in [-0.3, -0.25) is 14.5 Å². The number of carbonyl (C=O) groups is 1. The minimum absolute atomic E-state index is 0.00609. The van der Waals surface area contributed by atoms with Crippen molar-refractivity contribution in [2.45, 2.75) is 19.8 Å². The summed E-state index contributed by atoms with van der Waals surface area (Å²) in [4.78, 5) is 18.9. The number of likely N-dealkylation sites (tertiary alicyclic amines) is 1. The SMILES string of the molecule is Cc1cnn(C)c1-c1cnc2c(c1)NC(=O)C1(CCN(C#N)C1)C2. The van der Waals surface area contributed by atoms with Gasteiger partial charge in [0.25, 0.3) is 0 Å². The number of hydrogen-bond donors (Lipinski definition) is 1. The predicted octanol–water partition coefficient (Wildman–Crippen LogP) is 1.46. The summed E-state index contributed by atoms with van der Waals surface area (Å²) in [6.07, 6.45) is 7.07. The number of hydrogen-bond acceptors (Lipinski definition) is 5. The largest absolute Gasteiger partial charge is 0.324 e. The number of pyridine rings is 1. The summed E-state index contributed by atoms with van der Waals surface area (Å²) < 4.78 is 1.81. The second kappa shape index (κ2) is 5.06. The zero-order valence-electron chi connectivity index (χ0n) is 13.7. The van der Waals surface area contributed by atoms with Crippen LogP contribution in [0.1, 0.15) is 17.7 Å². The number of anilines is 1. The van der Waals surface area contributed by atoms with Crippen molar-refractivity contribution < 1.29 is 4.79 Å². The Morgan fingerprint density at radius 1 is 1.42 bits per heavy atom. The lowest BCUT2D eigenvalue weighted by atomic mass is 9.78. The number of nitriles is 1. The van der Waals surface area contributed by atoms with Crippen LogP contribution in [-0.4, -0.2) is 38.7 Å². The Balaban J connectivity index is 1.70. The van der Waals surface area contributed by atoms with Gasteiger partial charge in [0, 0.05) is 38.3 Å². The summed E-state index contributed by atoms with van der Waals surface area (Å²) in [7, 11) is 1.89. The number of nitrogens with zero attached hydrogens (tertiary/aromatic N) is 5. The maximum atomic E-state index is 12.7. The molecule has 4 heterocycles. The first-order valence-corrected chi connectivity index (χ1v) is 7.96. The Morgan fingerprint density at radius 2 is 2.25 bits per heavy atom. The topological polar surface area (TPSA) is 86.8 Å². The van der Waals surface area contributed by atoms with Crippen molar-refractivity contribution in [3.8, 4) is 17.5 Å². The second-order valence-corrected chi connectivity index (χ2v) is 6.70. The number of fused-ring (bicyclic) bond motifs is 1. The van der Waals surface area contributed by atoms with E-state index in [2.05, 4.69) is 21.6 Å². The molecule has 0 radical (unpaired) electrons. The van der Waals surface area contributed by atoms with Crippen LogP contribution in [0.15, 0.2) is 18.5 Å². The highest BCUT2D eigenvalue weighted by molar-refractivity contribution is 5.99. The third-order valence-corrected chi connectivity index (χ3v) is 5.10. The van der Waals surface area contributed by atoms with Crippen molar-refractivity contribution in [1.82, 2.24) is 19.7 Å². The van der Waals surface area contributed by atoms with Gasteiger partial charge in [0.15, 0.2) is 6.19 Å². The van der Waals surface area contributed by atoms with Crippen molar-refractivity contribution in [3.63, 3.8) is 0 Å². The Labute approximate surface area is 139 Å². The van der Waals surface area contributed by atoms with E-state index in [9.17, 15) is 4.79 Å². The minimum Gasteiger partial charge on any atom is -0.324 e. The lowest BCUT2D eigenvalue weighted by molar-refractivity contribution is -0.125. The molecule has 7 nitrogen and oxygen atoms in total. The summed E-state index contributed by atoms with van der Waals surface area (Å²) in [5.41, 5.74) is 4.12. The maximum absolute atomic E-state index is 12.7. The van der Waals surface area contributed by atoms with Gasteiger partial charge in [-0.05, 0) is 25.0 Å². The third kappa shape index (κ3) is 2.07. The number of carbonyl (C=O) groups excluding carboxylic acids is 1. The van der Waals surface area contributed by atoms with Crippen molar-refractivity contribution in [3.05, 3.63) is 29.7 Å². The van der Waals surface area contributed by atoms with Crippen LogP contribution < -0.4 is 5.32 Å². The summed E-state index contributed by atoms with van der Waals surface area (Å²) in [5, 5.41) is 16.3. The van der Waals surface area contributed by atoms with Crippen LogP contribution in [0.25, 0.3) is 11.3 Å². The van der Waals surface area contributed by atoms with Crippen LogP contribution in [0.2, 0.25) is 0 Å². The van der Waals surface area contributed by atoms with E-state index < -0.39 is 5.41 Å². The highest BCUT2D eigenvalue weighted by atomic mass is 16.2. The number of aromatic nitrogens is 3. The van der Waals surface area contributed by atoms with E-state index in [0.717, 1.165) is 28.2 Å². The van der Waals surface area contributed by atoms with Gasteiger partial charge in [-0.15, -0.1) is 0 Å². The molecule has 1 saturated heterocycles. The molecule has 0 bridgehead atoms. The maximum Gasteiger partial charge on any atom is 0.232 e. The quantitative estimate of drug-likeness (QED) is 0.803. The summed E-state index contributed by atoms with van der Waals surface area (Å²) in [6, 6.07) is 1.97. The van der Waals surface area contributed by atoms with Crippen LogP contribution >= 0.6 is 0 Å². The lowest BCUT2D eigenvalue weighted by Gasteiger charge is -2.32. The molecule has 4 rings (SSSR count). The third-order valence-electron chi connectivity index (χ3n) is 5.10. The van der Waals surface area contributed by atoms with Crippen molar-refractivity contribution >= 4 is 11.6 Å². The van der Waals surface area contributed by atoms with Crippen LogP contribution in [0, 0.1) is 23.8 Å². The molecule has 1 spiro atoms. The normalized spacial score (nSPS) is 22.4. The average Bonchev–Trinajstić information content (AvgIpc) is 3.13. The molecule has 1 amide bonds. The molecule has 7 heteroatoms. The van der Waals surface area contributed by atoms with Crippen LogP contribution in [0.4, 0.5) is 5.69 Å². The molecular weight excluding hydrogens is 304 g/mol. The molecule has 0 aromatic carbocycles. The zero-order valence-corrected chi connectivity index (χ0v) is 13.7. The number of rotatable bonds is 1. The van der Waals surface area contributed by atoms with E-state index in [0.29, 0.717) is 25.9 Å². The van der Waals surface area contributed by atoms with E-state index in [1.165, 1.54) is 0 Å². The van der Waals surface area contributed by atoms with E-state index in [-0.39, 0.29) is 5.91 Å². The van der Waals surface area contributed by atoms with Gasteiger partial charge in [-0.2, -0.15) is 10.4 Å². The van der Waals surface area contributed by atoms with E-state index >= 15 is 0 Å².